The Hall–Kier alpha value is -3.65. The molecule has 0 aliphatic carbocycles. The van der Waals surface area contributed by atoms with Crippen molar-refractivity contribution in [1.82, 2.24) is 10.2 Å². The lowest BCUT2D eigenvalue weighted by atomic mass is 10.0. The number of fused-ring (bicyclic) bond motifs is 1. The van der Waals surface area contributed by atoms with Crippen molar-refractivity contribution in [2.24, 2.45) is 0 Å². The number of carbonyl (C=O) groups is 2. The van der Waals surface area contributed by atoms with E-state index in [2.05, 4.69) is 46.8 Å². The number of hydrogen-bond donors (Lipinski definition) is 3. The number of aromatic nitrogens is 2. The molecule has 4 rings (SSSR count). The van der Waals surface area contributed by atoms with E-state index in [1.807, 2.05) is 36.4 Å². The summed E-state index contributed by atoms with van der Waals surface area (Å²) in [5.74, 6) is 1.08. The van der Waals surface area contributed by atoms with Gasteiger partial charge in [0.15, 0.2) is 0 Å². The summed E-state index contributed by atoms with van der Waals surface area (Å²) < 4.78 is 5.15. The van der Waals surface area contributed by atoms with Crippen LogP contribution in [0.5, 0.6) is 5.75 Å². The molecular formula is C26H28N4O3S. The number of methoxy groups -OCH3 is 1. The summed E-state index contributed by atoms with van der Waals surface area (Å²) >= 11 is 1.44. The van der Waals surface area contributed by atoms with Crippen LogP contribution in [0.2, 0.25) is 0 Å². The molecule has 0 atom stereocenters. The molecule has 7 nitrogen and oxygen atoms in total. The van der Waals surface area contributed by atoms with Gasteiger partial charge in [0.1, 0.15) is 16.4 Å². The Morgan fingerprint density at radius 2 is 1.65 bits per heavy atom. The van der Waals surface area contributed by atoms with Gasteiger partial charge in [-0.25, -0.2) is 0 Å². The maximum absolute atomic E-state index is 12.8. The molecule has 0 radical (unpaired) electrons. The van der Waals surface area contributed by atoms with E-state index in [-0.39, 0.29) is 24.7 Å². The van der Waals surface area contributed by atoms with Crippen LogP contribution in [0.4, 0.5) is 11.5 Å². The summed E-state index contributed by atoms with van der Waals surface area (Å²) in [7, 11) is 1.61. The molecular weight excluding hydrogens is 448 g/mol. The number of H-pyrrole nitrogens is 1. The molecule has 2 amide bonds. The van der Waals surface area contributed by atoms with Gasteiger partial charge in [-0.2, -0.15) is 5.10 Å². The molecule has 2 heterocycles. The van der Waals surface area contributed by atoms with E-state index in [1.54, 1.807) is 7.11 Å². The lowest BCUT2D eigenvalue weighted by Crippen LogP contribution is -2.16. The minimum atomic E-state index is -0.149. The minimum absolute atomic E-state index is 0.0615. The fraction of sp³-hybridized carbons (Fsp3) is 0.269. The number of nitrogens with one attached hydrogen (secondary N) is 3. The molecule has 0 aliphatic rings. The zero-order valence-corrected chi connectivity index (χ0v) is 20.3. The van der Waals surface area contributed by atoms with Gasteiger partial charge in [0.2, 0.25) is 11.8 Å². The quantitative estimate of drug-likeness (QED) is 0.312. The number of benzene rings is 2. The summed E-state index contributed by atoms with van der Waals surface area (Å²) in [5, 5.41) is 14.0. The molecule has 0 saturated heterocycles. The zero-order chi connectivity index (χ0) is 24.1. The highest BCUT2D eigenvalue weighted by Gasteiger charge is 2.16. The van der Waals surface area contributed by atoms with Crippen LogP contribution < -0.4 is 15.4 Å². The van der Waals surface area contributed by atoms with Crippen molar-refractivity contribution in [3.8, 4) is 5.75 Å². The van der Waals surface area contributed by atoms with Gasteiger partial charge in [0, 0.05) is 10.6 Å². The first-order chi connectivity index (χ1) is 16.5. The Labute approximate surface area is 202 Å². The molecule has 2 aromatic carbocycles. The predicted molar refractivity (Wildman–Crippen MR) is 137 cm³/mol. The number of nitrogens with zero attached hydrogens (tertiary/aromatic N) is 1. The van der Waals surface area contributed by atoms with Crippen LogP contribution in [-0.4, -0.2) is 29.1 Å². The van der Waals surface area contributed by atoms with E-state index in [0.29, 0.717) is 5.82 Å². The van der Waals surface area contributed by atoms with Crippen LogP contribution in [0.25, 0.3) is 10.2 Å². The molecule has 0 saturated carbocycles. The van der Waals surface area contributed by atoms with Crippen molar-refractivity contribution in [3.63, 3.8) is 0 Å². The Balaban J connectivity index is 1.42. The maximum atomic E-state index is 12.8. The monoisotopic (exact) mass is 476 g/mol. The first-order valence-corrected chi connectivity index (χ1v) is 12.1. The summed E-state index contributed by atoms with van der Waals surface area (Å²) in [6, 6.07) is 15.4. The average molecular weight is 477 g/mol. The van der Waals surface area contributed by atoms with Gasteiger partial charge in [-0.05, 0) is 47.7 Å². The number of thiophene rings is 1. The molecule has 176 valence electrons. The minimum Gasteiger partial charge on any atom is -0.497 e. The number of ether oxygens (including phenoxy) is 1. The van der Waals surface area contributed by atoms with Crippen molar-refractivity contribution in [3.05, 3.63) is 70.1 Å². The van der Waals surface area contributed by atoms with Crippen LogP contribution >= 0.6 is 11.3 Å². The molecule has 0 fully saturated rings. The fourth-order valence-corrected chi connectivity index (χ4v) is 4.89. The number of anilines is 2. The van der Waals surface area contributed by atoms with Crippen molar-refractivity contribution >= 4 is 44.9 Å². The molecule has 0 spiro atoms. The van der Waals surface area contributed by atoms with Gasteiger partial charge < -0.3 is 15.4 Å². The summed E-state index contributed by atoms with van der Waals surface area (Å²) in [6.45, 7) is 4.17. The first-order valence-electron chi connectivity index (χ1n) is 11.3. The van der Waals surface area contributed by atoms with Gasteiger partial charge in [0.05, 0.1) is 25.3 Å². The largest absolute Gasteiger partial charge is 0.497 e. The Bertz CT molecular complexity index is 1290. The van der Waals surface area contributed by atoms with E-state index in [9.17, 15) is 9.59 Å². The lowest BCUT2D eigenvalue weighted by Gasteiger charge is -2.14. The van der Waals surface area contributed by atoms with E-state index >= 15 is 0 Å². The first kappa shape index (κ1) is 23.5. The maximum Gasteiger partial charge on any atom is 0.229 e. The van der Waals surface area contributed by atoms with Crippen molar-refractivity contribution < 1.29 is 14.3 Å². The van der Waals surface area contributed by atoms with Crippen LogP contribution in [0, 0.1) is 0 Å². The normalized spacial score (nSPS) is 10.9. The van der Waals surface area contributed by atoms with Crippen LogP contribution in [0.15, 0.2) is 48.5 Å². The summed E-state index contributed by atoms with van der Waals surface area (Å²) in [6.07, 6.45) is 2.20. The van der Waals surface area contributed by atoms with E-state index in [4.69, 9.17) is 4.74 Å². The van der Waals surface area contributed by atoms with Crippen molar-refractivity contribution in [1.29, 1.82) is 0 Å². The van der Waals surface area contributed by atoms with Crippen LogP contribution in [0.3, 0.4) is 0 Å². The van der Waals surface area contributed by atoms with Gasteiger partial charge in [-0.15, -0.1) is 11.3 Å². The number of amides is 2. The topological polar surface area (TPSA) is 96.1 Å². The third-order valence-electron chi connectivity index (χ3n) is 5.69. The molecule has 34 heavy (non-hydrogen) atoms. The number of aromatic amines is 1. The second-order valence-electron chi connectivity index (χ2n) is 7.99. The summed E-state index contributed by atoms with van der Waals surface area (Å²) in [5.41, 5.74) is 4.08. The standard InChI is InChI=1S/C26H28N4O3S/c1-4-17-7-6-8-18(5-2)24(17)27-23(32)15-20-14-21-25(29-30-26(21)34-20)28-22(31)13-16-9-11-19(33-3)12-10-16/h6-12,14H,4-5,13,15H2,1-3H3,(H,27,32)(H2,28,29,30,31). The van der Waals surface area contributed by atoms with Crippen LogP contribution in [-0.2, 0) is 35.3 Å². The second-order valence-corrected chi connectivity index (χ2v) is 9.10. The van der Waals surface area contributed by atoms with Gasteiger partial charge in [-0.3, -0.25) is 14.7 Å². The number of para-hydroxylation sites is 1. The second kappa shape index (κ2) is 10.5. The number of hydrogen-bond acceptors (Lipinski definition) is 5. The molecule has 2 aromatic heterocycles. The molecule has 3 N–H and O–H groups in total. The Morgan fingerprint density at radius 1 is 0.971 bits per heavy atom. The molecule has 4 aromatic rings. The lowest BCUT2D eigenvalue weighted by molar-refractivity contribution is -0.116. The van der Waals surface area contributed by atoms with Gasteiger partial charge in [0.25, 0.3) is 0 Å². The van der Waals surface area contributed by atoms with E-state index < -0.39 is 0 Å². The third kappa shape index (κ3) is 5.28. The molecule has 0 bridgehead atoms. The van der Waals surface area contributed by atoms with Crippen molar-refractivity contribution in [2.45, 2.75) is 39.5 Å². The zero-order valence-electron chi connectivity index (χ0n) is 19.5. The Kier molecular flexibility index (Phi) is 7.27. The highest BCUT2D eigenvalue weighted by atomic mass is 32.1. The van der Waals surface area contributed by atoms with Crippen LogP contribution in [0.1, 0.15) is 35.4 Å². The van der Waals surface area contributed by atoms with E-state index in [1.165, 1.54) is 11.3 Å². The fourth-order valence-electron chi connectivity index (χ4n) is 3.90. The summed E-state index contributed by atoms with van der Waals surface area (Å²) in [4.78, 5) is 27.0. The number of carbonyl (C=O) groups excluding carboxylic acids is 2. The van der Waals surface area contributed by atoms with E-state index in [0.717, 1.165) is 56.1 Å². The highest BCUT2D eigenvalue weighted by molar-refractivity contribution is 7.18. The third-order valence-corrected chi connectivity index (χ3v) is 6.72. The number of rotatable bonds is 9. The van der Waals surface area contributed by atoms with Crippen molar-refractivity contribution in [2.75, 3.05) is 17.7 Å². The Morgan fingerprint density at radius 3 is 2.29 bits per heavy atom. The van der Waals surface area contributed by atoms with Gasteiger partial charge in [-0.1, -0.05) is 44.2 Å². The predicted octanol–water partition coefficient (Wildman–Crippen LogP) is 5.12. The molecule has 0 aliphatic heterocycles. The highest BCUT2D eigenvalue weighted by Crippen LogP contribution is 2.30. The number of aryl methyl sites for hydroxylation is 2. The smallest absolute Gasteiger partial charge is 0.229 e. The molecule has 0 unspecified atom stereocenters. The molecule has 8 heteroatoms. The SMILES string of the molecule is CCc1cccc(CC)c1NC(=O)Cc1cc2c(NC(=O)Cc3ccc(OC)cc3)[nH]nc2s1. The average Bonchev–Trinajstić information content (AvgIpc) is 3.40. The van der Waals surface area contributed by atoms with Gasteiger partial charge >= 0.3 is 0 Å².